The lowest BCUT2D eigenvalue weighted by molar-refractivity contribution is -0.111. The summed E-state index contributed by atoms with van der Waals surface area (Å²) in [6.07, 6.45) is 18.0. The van der Waals surface area contributed by atoms with Gasteiger partial charge in [0.15, 0.2) is 5.78 Å². The molecule has 0 radical (unpaired) electrons. The second kappa shape index (κ2) is 4.85. The molecule has 3 fully saturated rings. The zero-order valence-electron chi connectivity index (χ0n) is 13.7. The Morgan fingerprint density at radius 3 is 2.86 bits per heavy atom. The first kappa shape index (κ1) is 14.3. The third-order valence-corrected chi connectivity index (χ3v) is 7.45. The fraction of sp³-hybridized carbons (Fsp3) is 0.667. The van der Waals surface area contributed by atoms with Crippen LogP contribution in [0.5, 0.6) is 0 Å². The summed E-state index contributed by atoms with van der Waals surface area (Å²) < 4.78 is 0. The first-order chi connectivity index (χ1) is 10.5. The number of terminal acetylenes is 1. The van der Waals surface area contributed by atoms with Crippen LogP contribution < -0.4 is 0 Å². The molecule has 1 heteroatoms. The molecule has 7 atom stereocenters. The van der Waals surface area contributed by atoms with Crippen molar-refractivity contribution in [2.45, 2.75) is 46.0 Å². The molecule has 3 saturated carbocycles. The van der Waals surface area contributed by atoms with Crippen LogP contribution in [0.1, 0.15) is 46.0 Å². The maximum atomic E-state index is 11.8. The number of ketones is 1. The summed E-state index contributed by atoms with van der Waals surface area (Å²) in [5.41, 5.74) is 1.50. The molecule has 0 N–H and O–H groups in total. The maximum absolute atomic E-state index is 11.8. The van der Waals surface area contributed by atoms with Gasteiger partial charge in [-0.1, -0.05) is 25.5 Å². The highest BCUT2D eigenvalue weighted by Crippen LogP contribution is 2.62. The van der Waals surface area contributed by atoms with Crippen LogP contribution >= 0.6 is 0 Å². The van der Waals surface area contributed by atoms with Crippen LogP contribution in [0, 0.1) is 53.3 Å². The van der Waals surface area contributed by atoms with E-state index < -0.39 is 0 Å². The van der Waals surface area contributed by atoms with Crippen molar-refractivity contribution < 1.29 is 4.79 Å². The highest BCUT2D eigenvalue weighted by molar-refractivity contribution is 6.01. The van der Waals surface area contributed by atoms with Gasteiger partial charge in [0.05, 0.1) is 0 Å². The Balaban J connectivity index is 1.70. The highest BCUT2D eigenvalue weighted by atomic mass is 16.1. The van der Waals surface area contributed by atoms with Crippen molar-refractivity contribution in [3.63, 3.8) is 0 Å². The smallest absolute Gasteiger partial charge is 0.178 e. The van der Waals surface area contributed by atoms with Crippen molar-refractivity contribution >= 4 is 5.78 Å². The summed E-state index contributed by atoms with van der Waals surface area (Å²) in [6.45, 7) is 4.79. The molecule has 0 saturated heterocycles. The van der Waals surface area contributed by atoms with Crippen LogP contribution in [-0.2, 0) is 4.79 Å². The quantitative estimate of drug-likeness (QED) is 0.605. The second-order valence-corrected chi connectivity index (χ2v) is 8.30. The molecule has 4 rings (SSSR count). The van der Waals surface area contributed by atoms with Crippen LogP contribution in [-0.4, -0.2) is 5.78 Å². The van der Waals surface area contributed by atoms with E-state index >= 15 is 0 Å². The third-order valence-electron chi connectivity index (χ3n) is 7.45. The Kier molecular flexibility index (Phi) is 3.16. The van der Waals surface area contributed by atoms with Gasteiger partial charge in [0.2, 0.25) is 0 Å². The summed E-state index contributed by atoms with van der Waals surface area (Å²) in [4.78, 5) is 11.8. The number of hydrogen-bond acceptors (Lipinski definition) is 1. The molecule has 4 aliphatic rings. The van der Waals surface area contributed by atoms with Gasteiger partial charge in [0, 0.05) is 11.3 Å². The van der Waals surface area contributed by atoms with E-state index in [-0.39, 0.29) is 11.2 Å². The SMILES string of the molecule is C#C[C@H]1CCC2C3CCC4=CC(=O)C=C[C@]4(C)C3C[C@@H](C)C21. The fourth-order valence-corrected chi connectivity index (χ4v) is 6.47. The normalized spacial score (nSPS) is 49.7. The topological polar surface area (TPSA) is 17.1 Å². The van der Waals surface area contributed by atoms with Gasteiger partial charge < -0.3 is 0 Å². The first-order valence-corrected chi connectivity index (χ1v) is 8.95. The van der Waals surface area contributed by atoms with Gasteiger partial charge in [0.25, 0.3) is 0 Å². The Hall–Kier alpha value is -1.29. The minimum atomic E-state index is 0.115. The van der Waals surface area contributed by atoms with E-state index in [1.165, 1.54) is 31.3 Å². The van der Waals surface area contributed by atoms with Gasteiger partial charge in [-0.3, -0.25) is 4.79 Å². The highest BCUT2D eigenvalue weighted by Gasteiger charge is 2.55. The number of fused-ring (bicyclic) bond motifs is 5. The van der Waals surface area contributed by atoms with Crippen molar-refractivity contribution in [3.8, 4) is 12.3 Å². The molecular weight excluding hydrogens is 268 g/mol. The van der Waals surface area contributed by atoms with Crippen molar-refractivity contribution in [2.75, 3.05) is 0 Å². The van der Waals surface area contributed by atoms with Crippen molar-refractivity contribution in [2.24, 2.45) is 40.9 Å². The van der Waals surface area contributed by atoms with Crippen LogP contribution in [0.4, 0.5) is 0 Å². The van der Waals surface area contributed by atoms with Crippen LogP contribution in [0.3, 0.4) is 0 Å². The lowest BCUT2D eigenvalue weighted by Crippen LogP contribution is -2.48. The summed E-state index contributed by atoms with van der Waals surface area (Å²) in [5, 5.41) is 0. The average Bonchev–Trinajstić information content (AvgIpc) is 2.94. The lowest BCUT2D eigenvalue weighted by atomic mass is 9.49. The van der Waals surface area contributed by atoms with Crippen LogP contribution in [0.15, 0.2) is 23.8 Å². The Morgan fingerprint density at radius 2 is 2.09 bits per heavy atom. The predicted molar refractivity (Wildman–Crippen MR) is 88.9 cm³/mol. The largest absolute Gasteiger partial charge is 0.290 e. The molecule has 0 aromatic heterocycles. The van der Waals surface area contributed by atoms with Gasteiger partial charge in [-0.15, -0.1) is 12.3 Å². The van der Waals surface area contributed by atoms with E-state index in [0.29, 0.717) is 11.8 Å². The van der Waals surface area contributed by atoms with Gasteiger partial charge in [-0.2, -0.15) is 0 Å². The molecule has 0 aromatic carbocycles. The van der Waals surface area contributed by atoms with Gasteiger partial charge in [-0.25, -0.2) is 0 Å². The Bertz CT molecular complexity index is 604. The van der Waals surface area contributed by atoms with E-state index in [9.17, 15) is 4.79 Å². The average molecular weight is 294 g/mol. The number of hydrogen-bond donors (Lipinski definition) is 0. The summed E-state index contributed by atoms with van der Waals surface area (Å²) in [7, 11) is 0. The zero-order chi connectivity index (χ0) is 15.5. The number of rotatable bonds is 0. The number of carbonyl (C=O) groups excluding carboxylic acids is 1. The van der Waals surface area contributed by atoms with Gasteiger partial charge in [-0.05, 0) is 73.8 Å². The second-order valence-electron chi connectivity index (χ2n) is 8.30. The molecule has 4 unspecified atom stereocenters. The molecule has 0 bridgehead atoms. The third kappa shape index (κ3) is 1.82. The molecule has 116 valence electrons. The van der Waals surface area contributed by atoms with Crippen LogP contribution in [0.2, 0.25) is 0 Å². The molecule has 0 aliphatic heterocycles. The molecule has 22 heavy (non-hydrogen) atoms. The van der Waals surface area contributed by atoms with E-state index in [1.807, 2.05) is 12.2 Å². The molecule has 4 aliphatic carbocycles. The summed E-state index contributed by atoms with van der Waals surface area (Å²) in [6, 6.07) is 0. The maximum Gasteiger partial charge on any atom is 0.178 e. The monoisotopic (exact) mass is 294 g/mol. The van der Waals surface area contributed by atoms with E-state index in [4.69, 9.17) is 6.42 Å². The van der Waals surface area contributed by atoms with Crippen LogP contribution in [0.25, 0.3) is 0 Å². The van der Waals surface area contributed by atoms with Gasteiger partial charge >= 0.3 is 0 Å². The number of carbonyl (C=O) groups is 1. The molecule has 1 nitrogen and oxygen atoms in total. The van der Waals surface area contributed by atoms with E-state index in [1.54, 1.807) is 0 Å². The van der Waals surface area contributed by atoms with Crippen molar-refractivity contribution in [1.29, 1.82) is 0 Å². The molecule has 0 heterocycles. The summed E-state index contributed by atoms with van der Waals surface area (Å²) in [5.74, 6) is 7.57. The Morgan fingerprint density at radius 1 is 1.27 bits per heavy atom. The minimum absolute atomic E-state index is 0.115. The van der Waals surface area contributed by atoms with Crippen molar-refractivity contribution in [1.82, 2.24) is 0 Å². The zero-order valence-corrected chi connectivity index (χ0v) is 13.7. The van der Waals surface area contributed by atoms with E-state index in [0.717, 1.165) is 30.1 Å². The standard InChI is InChI=1S/C21H26O/c1-4-14-5-7-18-17-8-6-15-12-16(22)9-10-21(15,3)19(17)11-13(2)20(14)18/h1,9-10,12-14,17-20H,5-8,11H2,2-3H3/t13-,14+,17?,18?,19?,20?,21+/m1/s1. The fourth-order valence-electron chi connectivity index (χ4n) is 6.47. The van der Waals surface area contributed by atoms with E-state index in [2.05, 4.69) is 25.8 Å². The molecule has 0 spiro atoms. The number of allylic oxidation sites excluding steroid dienone is 4. The first-order valence-electron chi connectivity index (χ1n) is 8.95. The predicted octanol–water partition coefficient (Wildman–Crippen LogP) is 4.40. The van der Waals surface area contributed by atoms with Gasteiger partial charge in [0.1, 0.15) is 0 Å². The van der Waals surface area contributed by atoms with Crippen molar-refractivity contribution in [3.05, 3.63) is 23.8 Å². The Labute approximate surface area is 134 Å². The molecule has 0 amide bonds. The molecular formula is C21H26O. The summed E-state index contributed by atoms with van der Waals surface area (Å²) >= 11 is 0. The lowest BCUT2D eigenvalue weighted by Gasteiger charge is -2.55. The minimum Gasteiger partial charge on any atom is -0.290 e. The molecule has 0 aromatic rings.